The lowest BCUT2D eigenvalue weighted by atomic mass is 10.1. The number of benzene rings is 1. The third-order valence-electron chi connectivity index (χ3n) is 1.85. The molecule has 0 aliphatic carbocycles. The molecule has 0 radical (unpaired) electrons. The number of H-pyrrole nitrogens is 1. The van der Waals surface area contributed by atoms with Gasteiger partial charge in [-0.05, 0) is 30.3 Å². The van der Waals surface area contributed by atoms with Crippen molar-refractivity contribution in [3.63, 3.8) is 0 Å². The topological polar surface area (TPSA) is 36.0 Å². The average Bonchev–Trinajstić information content (AvgIpc) is 2.61. The number of aromatic amines is 1. The van der Waals surface area contributed by atoms with Crippen molar-refractivity contribution in [3.05, 3.63) is 41.0 Å². The smallest absolute Gasteiger partial charge is 0.124 e. The summed E-state index contributed by atoms with van der Waals surface area (Å²) in [4.78, 5) is 3.04. The summed E-state index contributed by atoms with van der Waals surface area (Å²) in [6.45, 7) is 0. The van der Waals surface area contributed by atoms with E-state index < -0.39 is 0 Å². The van der Waals surface area contributed by atoms with Crippen LogP contribution < -0.4 is 0 Å². The summed E-state index contributed by atoms with van der Waals surface area (Å²) in [6.07, 6.45) is 1.83. The van der Waals surface area contributed by atoms with Gasteiger partial charge in [0.1, 0.15) is 5.75 Å². The van der Waals surface area contributed by atoms with E-state index in [-0.39, 0.29) is 5.75 Å². The Labute approximate surface area is 84.4 Å². The van der Waals surface area contributed by atoms with E-state index in [4.69, 9.17) is 0 Å². The van der Waals surface area contributed by atoms with E-state index in [1.54, 1.807) is 6.07 Å². The van der Waals surface area contributed by atoms with Crippen molar-refractivity contribution < 1.29 is 5.11 Å². The zero-order valence-corrected chi connectivity index (χ0v) is 8.38. The highest BCUT2D eigenvalue weighted by Gasteiger charge is 2.04. The van der Waals surface area contributed by atoms with Gasteiger partial charge in [0.25, 0.3) is 0 Å². The van der Waals surface area contributed by atoms with Crippen LogP contribution in [0.15, 0.2) is 41.0 Å². The van der Waals surface area contributed by atoms with Crippen LogP contribution >= 0.6 is 15.9 Å². The number of hydrogen-bond acceptors (Lipinski definition) is 1. The van der Waals surface area contributed by atoms with Crippen LogP contribution in [0.1, 0.15) is 0 Å². The first-order valence-electron chi connectivity index (χ1n) is 3.89. The average molecular weight is 238 g/mol. The summed E-state index contributed by atoms with van der Waals surface area (Å²) in [5.41, 5.74) is 1.72. The van der Waals surface area contributed by atoms with Crippen LogP contribution in [0.4, 0.5) is 0 Å². The molecular formula is C10H8BrNO. The van der Waals surface area contributed by atoms with Gasteiger partial charge in [-0.1, -0.05) is 15.9 Å². The molecular weight excluding hydrogens is 230 g/mol. The second-order valence-electron chi connectivity index (χ2n) is 2.75. The largest absolute Gasteiger partial charge is 0.507 e. The van der Waals surface area contributed by atoms with E-state index in [9.17, 15) is 5.11 Å². The zero-order chi connectivity index (χ0) is 9.26. The predicted octanol–water partition coefficient (Wildman–Crippen LogP) is 3.15. The molecule has 2 N–H and O–H groups in total. The molecule has 0 saturated heterocycles. The minimum absolute atomic E-state index is 0.283. The molecule has 2 aromatic rings. The fourth-order valence-corrected chi connectivity index (χ4v) is 1.58. The fraction of sp³-hybridized carbons (Fsp3) is 0. The van der Waals surface area contributed by atoms with Gasteiger partial charge in [0.05, 0.1) is 0 Å². The Morgan fingerprint density at radius 1 is 1.23 bits per heavy atom. The molecule has 0 aliphatic heterocycles. The number of phenolic OH excluding ortho intramolecular Hbond substituents is 1. The van der Waals surface area contributed by atoms with E-state index in [0.29, 0.717) is 0 Å². The van der Waals surface area contributed by atoms with Crippen molar-refractivity contribution in [1.82, 2.24) is 4.98 Å². The first kappa shape index (κ1) is 8.38. The molecule has 1 heterocycles. The second kappa shape index (κ2) is 3.26. The summed E-state index contributed by atoms with van der Waals surface area (Å²) in [7, 11) is 0. The van der Waals surface area contributed by atoms with Gasteiger partial charge in [-0.2, -0.15) is 0 Å². The van der Waals surface area contributed by atoms with E-state index in [0.717, 1.165) is 15.7 Å². The third kappa shape index (κ3) is 1.60. The quantitative estimate of drug-likeness (QED) is 0.786. The number of rotatable bonds is 1. The van der Waals surface area contributed by atoms with Crippen molar-refractivity contribution in [2.75, 3.05) is 0 Å². The lowest BCUT2D eigenvalue weighted by Crippen LogP contribution is -1.78. The molecule has 0 saturated carbocycles. The highest BCUT2D eigenvalue weighted by Crippen LogP contribution is 2.30. The summed E-state index contributed by atoms with van der Waals surface area (Å²) in [5.74, 6) is 0.283. The van der Waals surface area contributed by atoms with Gasteiger partial charge in [0.15, 0.2) is 0 Å². The Bertz CT molecular complexity index is 409. The lowest BCUT2D eigenvalue weighted by Gasteiger charge is -2.02. The lowest BCUT2D eigenvalue weighted by molar-refractivity contribution is 0.477. The van der Waals surface area contributed by atoms with Crippen molar-refractivity contribution in [2.24, 2.45) is 0 Å². The van der Waals surface area contributed by atoms with E-state index >= 15 is 0 Å². The highest BCUT2D eigenvalue weighted by molar-refractivity contribution is 9.10. The molecule has 1 aromatic carbocycles. The maximum absolute atomic E-state index is 9.57. The number of nitrogens with one attached hydrogen (secondary N) is 1. The summed E-state index contributed by atoms with van der Waals surface area (Å²) in [6, 6.07) is 9.17. The standard InChI is InChI=1S/C10H8BrNO/c11-7-3-4-10(13)8(6-7)9-2-1-5-12-9/h1-6,12-13H. The van der Waals surface area contributed by atoms with Crippen LogP contribution in [0.25, 0.3) is 11.3 Å². The normalized spacial score (nSPS) is 10.2. The highest BCUT2D eigenvalue weighted by atomic mass is 79.9. The first-order valence-corrected chi connectivity index (χ1v) is 4.69. The molecule has 2 rings (SSSR count). The number of hydrogen-bond donors (Lipinski definition) is 2. The SMILES string of the molecule is Oc1ccc(Br)cc1-c1ccc[nH]1. The third-order valence-corrected chi connectivity index (χ3v) is 2.34. The monoisotopic (exact) mass is 237 g/mol. The van der Waals surface area contributed by atoms with Gasteiger partial charge in [-0.25, -0.2) is 0 Å². The maximum atomic E-state index is 9.57. The molecule has 1 aromatic heterocycles. The molecule has 3 heteroatoms. The molecule has 0 fully saturated rings. The molecule has 0 amide bonds. The summed E-state index contributed by atoms with van der Waals surface area (Å²) >= 11 is 3.36. The molecule has 0 bridgehead atoms. The number of halogens is 1. The summed E-state index contributed by atoms with van der Waals surface area (Å²) in [5, 5.41) is 9.57. The summed E-state index contributed by atoms with van der Waals surface area (Å²) < 4.78 is 0.954. The Morgan fingerprint density at radius 3 is 2.77 bits per heavy atom. The van der Waals surface area contributed by atoms with Crippen LogP contribution in [0.3, 0.4) is 0 Å². The first-order chi connectivity index (χ1) is 6.27. The molecule has 2 nitrogen and oxygen atoms in total. The minimum atomic E-state index is 0.283. The second-order valence-corrected chi connectivity index (χ2v) is 3.66. The number of phenols is 1. The molecule has 66 valence electrons. The van der Waals surface area contributed by atoms with Gasteiger partial charge < -0.3 is 10.1 Å². The Balaban J connectivity index is 2.57. The number of aromatic hydroxyl groups is 1. The predicted molar refractivity (Wildman–Crippen MR) is 55.6 cm³/mol. The van der Waals surface area contributed by atoms with Crippen LogP contribution in [-0.2, 0) is 0 Å². The van der Waals surface area contributed by atoms with Gasteiger partial charge >= 0.3 is 0 Å². The van der Waals surface area contributed by atoms with Gasteiger partial charge in [0, 0.05) is 21.9 Å². The zero-order valence-electron chi connectivity index (χ0n) is 6.79. The van der Waals surface area contributed by atoms with Crippen LogP contribution in [-0.4, -0.2) is 10.1 Å². The van der Waals surface area contributed by atoms with E-state index in [1.165, 1.54) is 0 Å². The minimum Gasteiger partial charge on any atom is -0.507 e. The van der Waals surface area contributed by atoms with Crippen LogP contribution in [0, 0.1) is 0 Å². The Hall–Kier alpha value is -1.22. The Kier molecular flexibility index (Phi) is 2.10. The van der Waals surface area contributed by atoms with Gasteiger partial charge in [0.2, 0.25) is 0 Å². The van der Waals surface area contributed by atoms with Crippen LogP contribution in [0.5, 0.6) is 5.75 Å². The number of aromatic nitrogens is 1. The van der Waals surface area contributed by atoms with Crippen molar-refractivity contribution in [2.45, 2.75) is 0 Å². The maximum Gasteiger partial charge on any atom is 0.124 e. The molecule has 0 unspecified atom stereocenters. The Morgan fingerprint density at radius 2 is 2.08 bits per heavy atom. The van der Waals surface area contributed by atoms with Crippen molar-refractivity contribution in [1.29, 1.82) is 0 Å². The van der Waals surface area contributed by atoms with Crippen molar-refractivity contribution >= 4 is 15.9 Å². The fourth-order valence-electron chi connectivity index (χ4n) is 1.22. The molecule has 0 spiro atoms. The van der Waals surface area contributed by atoms with E-state index in [2.05, 4.69) is 20.9 Å². The molecule has 0 atom stereocenters. The van der Waals surface area contributed by atoms with Gasteiger partial charge in [-0.3, -0.25) is 0 Å². The molecule has 13 heavy (non-hydrogen) atoms. The van der Waals surface area contributed by atoms with Crippen molar-refractivity contribution in [3.8, 4) is 17.0 Å². The van der Waals surface area contributed by atoms with Crippen LogP contribution in [0.2, 0.25) is 0 Å². The van der Waals surface area contributed by atoms with Gasteiger partial charge in [-0.15, -0.1) is 0 Å². The molecule has 0 aliphatic rings. The van der Waals surface area contributed by atoms with E-state index in [1.807, 2.05) is 30.5 Å².